The molecular weight excluding hydrogens is 1580 g/mol. The number of carbonyl (C=O) groups is 1. The maximum absolute atomic E-state index is 11.9. The number of aromatic nitrogens is 14. The first-order valence-electron chi connectivity index (χ1n) is 37.8. The summed E-state index contributed by atoms with van der Waals surface area (Å²) >= 11 is 3.39. The van der Waals surface area contributed by atoms with Gasteiger partial charge in [-0.25, -0.2) is 19.3 Å². The minimum Gasteiger partial charge on any atom is -0.496 e. The zero-order valence-corrected chi connectivity index (χ0v) is 73.8. The number of aliphatic hydroxyl groups is 1. The van der Waals surface area contributed by atoms with Gasteiger partial charge < -0.3 is 48.0 Å². The van der Waals surface area contributed by atoms with Gasteiger partial charge in [0, 0.05) is 66.8 Å². The topological polar surface area (TPSA) is 287 Å². The van der Waals surface area contributed by atoms with Crippen LogP contribution in [0.5, 0.6) is 40.2 Å². The molecule has 6 heterocycles. The third-order valence-electron chi connectivity index (χ3n) is 17.9. The minimum absolute atomic E-state index is 0.0942. The fraction of sp³-hybridized carbons (Fsp3) is 0.286. The van der Waals surface area contributed by atoms with Gasteiger partial charge >= 0.3 is 6.18 Å². The summed E-state index contributed by atoms with van der Waals surface area (Å²) in [4.78, 5) is 22.4. The molecule has 121 heavy (non-hydrogen) atoms. The number of thioether (sulfide) groups is 1. The first kappa shape index (κ1) is 95.0. The lowest BCUT2D eigenvalue weighted by Crippen LogP contribution is -2.33. The third-order valence-corrected chi connectivity index (χ3v) is 19.8. The molecule has 0 saturated carbocycles. The molecule has 0 aliphatic heterocycles. The minimum atomic E-state index is -4.42. The molecule has 8 aromatic carbocycles. The Labute approximate surface area is 713 Å². The summed E-state index contributed by atoms with van der Waals surface area (Å²) in [5.74, 6) is 9.93. The number of rotatable bonds is 18. The molecule has 25 nitrogen and oxygen atoms in total. The Morgan fingerprint density at radius 2 is 1.03 bits per heavy atom. The fourth-order valence-corrected chi connectivity index (χ4v) is 13.9. The Kier molecular flexibility index (Phi) is 35.9. The molecule has 1 amide bonds. The van der Waals surface area contributed by atoms with E-state index >= 15 is 0 Å². The second-order valence-electron chi connectivity index (χ2n) is 27.6. The van der Waals surface area contributed by atoms with E-state index in [2.05, 4.69) is 100 Å². The maximum atomic E-state index is 11.9. The lowest BCUT2D eigenvalue weighted by atomic mass is 10.1. The van der Waals surface area contributed by atoms with Crippen LogP contribution >= 0.6 is 23.1 Å². The van der Waals surface area contributed by atoms with Crippen LogP contribution in [0.4, 0.5) is 13.2 Å². The summed E-state index contributed by atoms with van der Waals surface area (Å²) in [6.07, 6.45) is 11.8. The van der Waals surface area contributed by atoms with Gasteiger partial charge in [-0.1, -0.05) is 109 Å². The predicted octanol–water partition coefficient (Wildman–Crippen LogP) is 18.8. The van der Waals surface area contributed by atoms with E-state index in [9.17, 15) is 23.1 Å². The number of tetrazole rings is 1. The molecule has 30 heteroatoms. The number of alkyl halides is 3. The van der Waals surface area contributed by atoms with Crippen molar-refractivity contribution in [2.75, 3.05) is 62.6 Å². The van der Waals surface area contributed by atoms with E-state index in [1.54, 1.807) is 138 Å². The Bertz CT molecular complexity index is 5510. The van der Waals surface area contributed by atoms with E-state index < -0.39 is 24.2 Å². The third kappa shape index (κ3) is 26.7. The van der Waals surface area contributed by atoms with Crippen LogP contribution in [0.25, 0.3) is 67.1 Å². The van der Waals surface area contributed by atoms with Crippen LogP contribution in [0, 0.1) is 81.6 Å². The number of carbonyl (C=O) groups excluding carboxylic acids is 1. The van der Waals surface area contributed by atoms with Crippen LogP contribution in [-0.4, -0.2) is 155 Å². The van der Waals surface area contributed by atoms with Crippen molar-refractivity contribution < 1.29 is 60.6 Å². The molecular formula is C91H104F3N15O10S2. The molecule has 0 fully saturated rings. The number of halogens is 3. The highest BCUT2D eigenvalue weighted by molar-refractivity contribution is 7.98. The Hall–Kier alpha value is -13.1. The van der Waals surface area contributed by atoms with Gasteiger partial charge in [0.1, 0.15) is 53.1 Å². The number of para-hydroxylation sites is 7. The second kappa shape index (κ2) is 45.7. The molecule has 0 aliphatic carbocycles. The number of thiazole rings is 1. The highest BCUT2D eigenvalue weighted by Gasteiger charge is 2.29. The van der Waals surface area contributed by atoms with Crippen molar-refractivity contribution in [1.82, 2.24) is 75.4 Å². The van der Waals surface area contributed by atoms with Gasteiger partial charge in [-0.15, -0.1) is 44.8 Å². The fourth-order valence-electron chi connectivity index (χ4n) is 12.4. The average Bonchev–Trinajstić information content (AvgIpc) is 1.78. The normalized spacial score (nSPS) is 10.5. The Balaban J connectivity index is 0.000000191. The van der Waals surface area contributed by atoms with E-state index in [0.29, 0.717) is 29.7 Å². The number of aromatic amines is 1. The molecule has 6 aromatic heterocycles. The van der Waals surface area contributed by atoms with Crippen molar-refractivity contribution in [2.24, 2.45) is 14.1 Å². The number of amides is 1. The summed E-state index contributed by atoms with van der Waals surface area (Å²) in [7, 11) is 15.0. The van der Waals surface area contributed by atoms with E-state index in [1.165, 1.54) is 30.0 Å². The molecule has 0 aliphatic rings. The van der Waals surface area contributed by atoms with Crippen LogP contribution < -0.4 is 38.5 Å². The number of ether oxygens (including phenoxy) is 7. The van der Waals surface area contributed by atoms with E-state index in [1.807, 2.05) is 182 Å². The number of aryl methyl sites for hydroxylation is 12. The van der Waals surface area contributed by atoms with Crippen LogP contribution in [-0.2, 0) is 20.6 Å². The van der Waals surface area contributed by atoms with Gasteiger partial charge in [-0.05, 0) is 186 Å². The lowest BCUT2D eigenvalue weighted by Gasteiger charge is -2.16. The smallest absolute Gasteiger partial charge is 0.405 e. The van der Waals surface area contributed by atoms with Crippen LogP contribution in [0.2, 0.25) is 0 Å². The van der Waals surface area contributed by atoms with E-state index in [0.717, 1.165) is 134 Å². The van der Waals surface area contributed by atoms with Gasteiger partial charge in [0.2, 0.25) is 11.8 Å². The monoisotopic (exact) mass is 1690 g/mol. The largest absolute Gasteiger partial charge is 0.496 e. The molecule has 0 saturated heterocycles. The number of nitrogens with zero attached hydrogens (tertiary/aromatic N) is 13. The van der Waals surface area contributed by atoms with Crippen molar-refractivity contribution in [1.29, 1.82) is 0 Å². The highest BCUT2D eigenvalue weighted by Crippen LogP contribution is 2.39. The van der Waals surface area contributed by atoms with E-state index in [4.69, 9.17) is 44.0 Å². The quantitative estimate of drug-likeness (QED) is 0.0531. The second-order valence-corrected chi connectivity index (χ2v) is 29.6. The molecule has 14 rings (SSSR count). The molecule has 3 N–H and O–H groups in total. The highest BCUT2D eigenvalue weighted by atomic mass is 32.2. The average molecular weight is 1690 g/mol. The number of H-pyrrole nitrogens is 1. The molecule has 0 atom stereocenters. The number of methoxy groups -OCH3 is 7. The van der Waals surface area contributed by atoms with Crippen LogP contribution in [0.1, 0.15) is 85.2 Å². The SMILES string of the molecule is C#Cc1cccc(C)c1OC.COc1c(C)cccc1-c1ccn(CC(C)(C)O)n1.COc1c(C)cccc1-c1cn[nH]c1.COc1c(C)cccc1-c1cnc(C)s1.COc1c(C)cccc1-c1ncnn1C.COc1c(C)cccc1-c1nnnn1C.COc1c(C)cccc1C(=O)NCC(F)(F)F.CSc1c(C)cccc1-c1nnc(C)o1. The van der Waals surface area contributed by atoms with E-state index in [-0.39, 0.29) is 11.3 Å². The van der Waals surface area contributed by atoms with Crippen molar-refractivity contribution in [3.8, 4) is 120 Å². The first-order chi connectivity index (χ1) is 57.8. The number of hydrogen-bond acceptors (Lipinski definition) is 22. The molecule has 0 bridgehead atoms. The Morgan fingerprint density at radius 1 is 0.562 bits per heavy atom. The molecule has 14 aromatic rings. The standard InChI is InChI=1S/C15H20N2O2.C12H13NOS.C11H12F3NO2.C11H13N3O.C11H12N2OS.C11H12N2O.C10H12N4O.C10H10O/c1-11-6-5-7-12(14(11)19-4)13-8-9-17(16-13)10-15(2,3)18;1-8-5-4-6-10(12(8)14-3)11-7-13-9(2)15-11;1-7-4-3-5-8(9(7)17-2)10(16)15-6-11(12,13)14;1-8-5-4-6-9(10(8)15-3)11-12-7-13-14(11)2;1-7-5-4-6-9(10(7)15-3)11-13-12-8(2)14-11;1-8-4-3-5-10(11(8)14-2)9-6-12-13-7-9;1-7-5-4-6-8(9(7)15-3)10-11-12-13-14(10)2;1-4-9-7-5-6-8(2)10(9)11-3/h5-9,18H,10H2,1-4H3;4-7H,1-3H3;3-5H,6H2,1-2H3,(H,15,16);4-7H,1-3H3;4-6H,1-3H3;3-7H,1-2H3,(H,12,13);4-6H,1-3H3;1,5-7H,2-3H3. The molecule has 0 spiro atoms. The summed E-state index contributed by atoms with van der Waals surface area (Å²) in [5, 5.41) is 47.2. The zero-order valence-electron chi connectivity index (χ0n) is 72.2. The summed E-state index contributed by atoms with van der Waals surface area (Å²) in [6, 6.07) is 48.6. The summed E-state index contributed by atoms with van der Waals surface area (Å²) in [5.41, 5.74) is 16.6. The first-order valence-corrected chi connectivity index (χ1v) is 39.8. The Morgan fingerprint density at radius 3 is 1.48 bits per heavy atom. The van der Waals surface area contributed by atoms with Gasteiger partial charge in [0.05, 0.1) is 112 Å². The maximum Gasteiger partial charge on any atom is 0.405 e. The molecule has 636 valence electrons. The van der Waals surface area contributed by atoms with Crippen LogP contribution in [0.3, 0.4) is 0 Å². The molecule has 0 unspecified atom stereocenters. The summed E-state index contributed by atoms with van der Waals surface area (Å²) in [6.45, 7) is 22.3. The van der Waals surface area contributed by atoms with Gasteiger partial charge in [-0.2, -0.15) is 28.5 Å². The van der Waals surface area contributed by atoms with Crippen molar-refractivity contribution in [2.45, 2.75) is 106 Å². The molecule has 0 radical (unpaired) electrons. The predicted molar refractivity (Wildman–Crippen MR) is 470 cm³/mol. The summed E-state index contributed by atoms with van der Waals surface area (Å²) < 4.78 is 83.4. The van der Waals surface area contributed by atoms with Gasteiger partial charge in [-0.3, -0.25) is 14.6 Å². The zero-order chi connectivity index (χ0) is 88.7. The number of nitrogens with one attached hydrogen (secondary N) is 2. The van der Waals surface area contributed by atoms with Crippen molar-refractivity contribution >= 4 is 29.0 Å². The van der Waals surface area contributed by atoms with Crippen LogP contribution in [0.15, 0.2) is 192 Å². The number of hydrogen-bond donors (Lipinski definition) is 3. The van der Waals surface area contributed by atoms with Gasteiger partial charge in [0.25, 0.3) is 5.91 Å². The van der Waals surface area contributed by atoms with Gasteiger partial charge in [0.15, 0.2) is 11.6 Å². The number of terminal acetylenes is 1. The van der Waals surface area contributed by atoms with Crippen molar-refractivity contribution in [3.05, 3.63) is 249 Å². The van der Waals surface area contributed by atoms with Crippen molar-refractivity contribution in [3.63, 3.8) is 0 Å². The lowest BCUT2D eigenvalue weighted by molar-refractivity contribution is -0.123. The number of benzene rings is 8.